The Kier molecular flexibility index (Phi) is 10.3. The number of aryl methyl sites for hydroxylation is 1. The normalized spacial score (nSPS) is 12.1. The summed E-state index contributed by atoms with van der Waals surface area (Å²) in [6, 6.07) is 7.63. The number of nitrogens with one attached hydrogen (secondary N) is 2. The van der Waals surface area contributed by atoms with Crippen LogP contribution in [-0.4, -0.2) is 37.7 Å². The van der Waals surface area contributed by atoms with Gasteiger partial charge in [0.15, 0.2) is 17.5 Å². The number of hydrogen-bond acceptors (Lipinski definition) is 5. The molecule has 0 aliphatic heterocycles. The van der Waals surface area contributed by atoms with E-state index < -0.39 is 0 Å². The van der Waals surface area contributed by atoms with Crippen LogP contribution >= 0.6 is 35.3 Å². The first kappa shape index (κ1) is 22.5. The summed E-state index contributed by atoms with van der Waals surface area (Å²) in [5.41, 5.74) is 1.03. The summed E-state index contributed by atoms with van der Waals surface area (Å²) in [4.78, 5) is 8.77. The van der Waals surface area contributed by atoms with Gasteiger partial charge in [-0.15, -0.1) is 35.3 Å². The van der Waals surface area contributed by atoms with Crippen LogP contribution in [0.5, 0.6) is 11.5 Å². The van der Waals surface area contributed by atoms with Gasteiger partial charge in [-0.25, -0.2) is 4.98 Å². The van der Waals surface area contributed by atoms with E-state index in [1.807, 2.05) is 31.2 Å². The van der Waals surface area contributed by atoms with Gasteiger partial charge in [0.2, 0.25) is 0 Å². The van der Waals surface area contributed by atoms with E-state index in [0.717, 1.165) is 34.6 Å². The van der Waals surface area contributed by atoms with Gasteiger partial charge >= 0.3 is 0 Å². The van der Waals surface area contributed by atoms with Crippen LogP contribution in [0, 0.1) is 0 Å². The molecule has 0 fully saturated rings. The predicted octanol–water partition coefficient (Wildman–Crippen LogP) is 3.46. The third kappa shape index (κ3) is 6.99. The first-order valence-electron chi connectivity index (χ1n) is 8.33. The SMILES string of the molecule is CCc1nc(CNC(=NC)NCC(C)Oc2ccccc2OC)cs1.I. The van der Waals surface area contributed by atoms with Crippen molar-refractivity contribution in [2.45, 2.75) is 32.9 Å². The van der Waals surface area contributed by atoms with Crippen molar-refractivity contribution in [1.82, 2.24) is 15.6 Å². The number of halogens is 1. The quantitative estimate of drug-likeness (QED) is 0.337. The molecule has 2 rings (SSSR count). The van der Waals surface area contributed by atoms with E-state index >= 15 is 0 Å². The van der Waals surface area contributed by atoms with Crippen molar-refractivity contribution in [1.29, 1.82) is 0 Å². The number of methoxy groups -OCH3 is 1. The number of aliphatic imine (C=N–C) groups is 1. The molecule has 0 aliphatic rings. The zero-order chi connectivity index (χ0) is 18.1. The average Bonchev–Trinajstić information content (AvgIpc) is 3.10. The second-order valence-electron chi connectivity index (χ2n) is 5.47. The number of hydrogen-bond donors (Lipinski definition) is 2. The molecule has 0 bridgehead atoms. The second-order valence-corrected chi connectivity index (χ2v) is 6.41. The van der Waals surface area contributed by atoms with Gasteiger partial charge in [-0.2, -0.15) is 0 Å². The molecule has 0 saturated heterocycles. The number of rotatable bonds is 8. The molecule has 1 atom stereocenters. The fourth-order valence-corrected chi connectivity index (χ4v) is 2.95. The molecule has 6 nitrogen and oxygen atoms in total. The van der Waals surface area contributed by atoms with Crippen molar-refractivity contribution in [3.63, 3.8) is 0 Å². The number of benzene rings is 1. The highest BCUT2D eigenvalue weighted by Crippen LogP contribution is 2.26. The Morgan fingerprint density at radius 3 is 2.62 bits per heavy atom. The number of nitrogens with zero attached hydrogens (tertiary/aromatic N) is 2. The standard InChI is InChI=1S/C18H26N4O2S.HI/c1-5-17-22-14(12-25-17)11-21-18(19-3)20-10-13(2)24-16-9-7-6-8-15(16)23-4;/h6-9,12-13H,5,10-11H2,1-4H3,(H2,19,20,21);1H. The zero-order valence-corrected chi connectivity index (χ0v) is 18.8. The highest BCUT2D eigenvalue weighted by atomic mass is 127. The summed E-state index contributed by atoms with van der Waals surface area (Å²) in [5, 5.41) is 9.76. The van der Waals surface area contributed by atoms with Crippen molar-refractivity contribution < 1.29 is 9.47 Å². The maximum absolute atomic E-state index is 5.93. The van der Waals surface area contributed by atoms with Crippen LogP contribution < -0.4 is 20.1 Å². The molecule has 144 valence electrons. The van der Waals surface area contributed by atoms with Crippen LogP contribution in [-0.2, 0) is 13.0 Å². The minimum absolute atomic E-state index is 0. The molecular formula is C18H27IN4O2S. The largest absolute Gasteiger partial charge is 0.493 e. The van der Waals surface area contributed by atoms with Gasteiger partial charge in [0, 0.05) is 12.4 Å². The molecule has 0 aliphatic carbocycles. The summed E-state index contributed by atoms with van der Waals surface area (Å²) >= 11 is 1.69. The Bertz CT molecular complexity index is 693. The average molecular weight is 490 g/mol. The molecule has 1 heterocycles. The summed E-state index contributed by atoms with van der Waals surface area (Å²) in [6.07, 6.45) is 0.927. The molecule has 2 aromatic rings. The zero-order valence-electron chi connectivity index (χ0n) is 15.6. The van der Waals surface area contributed by atoms with Gasteiger partial charge in [-0.3, -0.25) is 4.99 Å². The summed E-state index contributed by atoms with van der Waals surface area (Å²) < 4.78 is 11.2. The van der Waals surface area contributed by atoms with Crippen molar-refractivity contribution in [3.8, 4) is 11.5 Å². The van der Waals surface area contributed by atoms with E-state index in [-0.39, 0.29) is 30.1 Å². The smallest absolute Gasteiger partial charge is 0.191 e. The number of para-hydroxylation sites is 2. The summed E-state index contributed by atoms with van der Waals surface area (Å²) in [6.45, 7) is 5.38. The van der Waals surface area contributed by atoms with E-state index in [9.17, 15) is 0 Å². The van der Waals surface area contributed by atoms with Gasteiger partial charge in [-0.1, -0.05) is 19.1 Å². The Morgan fingerprint density at radius 1 is 1.27 bits per heavy atom. The molecule has 1 aromatic heterocycles. The van der Waals surface area contributed by atoms with E-state index in [1.54, 1.807) is 25.5 Å². The van der Waals surface area contributed by atoms with Gasteiger partial charge in [-0.05, 0) is 25.5 Å². The molecule has 1 unspecified atom stereocenters. The lowest BCUT2D eigenvalue weighted by molar-refractivity contribution is 0.213. The Hall–Kier alpha value is -1.55. The van der Waals surface area contributed by atoms with Gasteiger partial charge in [0.1, 0.15) is 6.10 Å². The lowest BCUT2D eigenvalue weighted by Gasteiger charge is -2.18. The first-order chi connectivity index (χ1) is 12.2. The molecule has 1 aromatic carbocycles. The fourth-order valence-electron chi connectivity index (χ4n) is 2.20. The summed E-state index contributed by atoms with van der Waals surface area (Å²) in [5.74, 6) is 2.19. The molecule has 0 amide bonds. The van der Waals surface area contributed by atoms with E-state index in [1.165, 1.54) is 0 Å². The van der Waals surface area contributed by atoms with Crippen molar-refractivity contribution in [2.75, 3.05) is 20.7 Å². The number of aromatic nitrogens is 1. The number of guanidine groups is 1. The first-order valence-corrected chi connectivity index (χ1v) is 9.21. The monoisotopic (exact) mass is 490 g/mol. The topological polar surface area (TPSA) is 67.8 Å². The molecule has 26 heavy (non-hydrogen) atoms. The van der Waals surface area contributed by atoms with Gasteiger partial charge < -0.3 is 20.1 Å². The van der Waals surface area contributed by atoms with E-state index in [4.69, 9.17) is 9.47 Å². The van der Waals surface area contributed by atoms with E-state index in [2.05, 4.69) is 32.9 Å². The van der Waals surface area contributed by atoms with Gasteiger partial charge in [0.25, 0.3) is 0 Å². The Balaban J connectivity index is 0.00000338. The van der Waals surface area contributed by atoms with Crippen LogP contribution in [0.15, 0.2) is 34.6 Å². The van der Waals surface area contributed by atoms with Crippen LogP contribution in [0.25, 0.3) is 0 Å². The predicted molar refractivity (Wildman–Crippen MR) is 118 cm³/mol. The Morgan fingerprint density at radius 2 is 2.00 bits per heavy atom. The maximum Gasteiger partial charge on any atom is 0.191 e. The summed E-state index contributed by atoms with van der Waals surface area (Å²) in [7, 11) is 3.39. The van der Waals surface area contributed by atoms with Crippen molar-refractivity contribution in [2.24, 2.45) is 4.99 Å². The van der Waals surface area contributed by atoms with Crippen molar-refractivity contribution >= 4 is 41.3 Å². The lowest BCUT2D eigenvalue weighted by atomic mass is 10.3. The minimum Gasteiger partial charge on any atom is -0.493 e. The number of ether oxygens (including phenoxy) is 2. The number of thiazole rings is 1. The molecule has 2 N–H and O–H groups in total. The van der Waals surface area contributed by atoms with Crippen LogP contribution in [0.1, 0.15) is 24.5 Å². The molecule has 0 spiro atoms. The lowest BCUT2D eigenvalue weighted by Crippen LogP contribution is -2.41. The minimum atomic E-state index is -0.0409. The Labute approximate surface area is 176 Å². The van der Waals surface area contributed by atoms with E-state index in [0.29, 0.717) is 13.1 Å². The van der Waals surface area contributed by atoms with Crippen LogP contribution in [0.4, 0.5) is 0 Å². The third-order valence-corrected chi connectivity index (χ3v) is 4.56. The molecule has 0 radical (unpaired) electrons. The molecular weight excluding hydrogens is 463 g/mol. The highest BCUT2D eigenvalue weighted by molar-refractivity contribution is 14.0. The highest BCUT2D eigenvalue weighted by Gasteiger charge is 2.09. The van der Waals surface area contributed by atoms with Gasteiger partial charge in [0.05, 0.1) is 30.9 Å². The molecule has 8 heteroatoms. The third-order valence-electron chi connectivity index (χ3n) is 3.52. The van der Waals surface area contributed by atoms with Crippen LogP contribution in [0.2, 0.25) is 0 Å². The fraction of sp³-hybridized carbons (Fsp3) is 0.444. The molecule has 0 saturated carbocycles. The second kappa shape index (κ2) is 11.9. The van der Waals surface area contributed by atoms with Crippen molar-refractivity contribution in [3.05, 3.63) is 40.3 Å². The maximum atomic E-state index is 5.93. The van der Waals surface area contributed by atoms with Crippen LogP contribution in [0.3, 0.4) is 0 Å².